The molecule has 3 rings (SSSR count). The van der Waals surface area contributed by atoms with Crippen LogP contribution in [0.5, 0.6) is 0 Å². The largest absolute Gasteiger partial charge is 0.341 e. The van der Waals surface area contributed by atoms with Crippen LogP contribution >= 0.6 is 15.9 Å². The normalized spacial score (nSPS) is 20.2. The van der Waals surface area contributed by atoms with Crippen LogP contribution in [0, 0.1) is 5.92 Å². The Kier molecular flexibility index (Phi) is 3.11. The van der Waals surface area contributed by atoms with E-state index < -0.39 is 0 Å². The molecule has 0 spiro atoms. The molecule has 5 heteroatoms. The first-order valence-corrected chi connectivity index (χ1v) is 6.81. The number of nitrogens with zero attached hydrogens (tertiary/aromatic N) is 2. The van der Waals surface area contributed by atoms with E-state index in [2.05, 4.69) is 36.2 Å². The number of aromatic nitrogens is 3. The molecule has 1 saturated heterocycles. The molecular weight excluding hydrogens is 280 g/mol. The van der Waals surface area contributed by atoms with Gasteiger partial charge in [0.05, 0.1) is 5.52 Å². The Bertz CT molecular complexity index is 516. The third kappa shape index (κ3) is 2.50. The van der Waals surface area contributed by atoms with Crippen LogP contribution in [0.25, 0.3) is 11.2 Å². The minimum atomic E-state index is 0.808. The number of aromatic amines is 1. The minimum Gasteiger partial charge on any atom is -0.341 e. The molecule has 90 valence electrons. The Labute approximate surface area is 108 Å². The summed E-state index contributed by atoms with van der Waals surface area (Å²) in [5.74, 6) is 1.86. The summed E-state index contributed by atoms with van der Waals surface area (Å²) in [6.45, 7) is 2.32. The van der Waals surface area contributed by atoms with E-state index in [-0.39, 0.29) is 0 Å². The van der Waals surface area contributed by atoms with Crippen molar-refractivity contribution in [2.45, 2.75) is 19.3 Å². The Balaban J connectivity index is 1.72. The average Bonchev–Trinajstić information content (AvgIpc) is 2.94. The molecule has 3 heterocycles. The van der Waals surface area contributed by atoms with Crippen LogP contribution in [-0.2, 0) is 6.42 Å². The predicted octanol–water partition coefficient (Wildman–Crippen LogP) is 2.26. The van der Waals surface area contributed by atoms with Gasteiger partial charge in [0, 0.05) is 17.1 Å². The van der Waals surface area contributed by atoms with E-state index in [0.717, 1.165) is 40.3 Å². The van der Waals surface area contributed by atoms with Crippen molar-refractivity contribution in [1.29, 1.82) is 0 Å². The molecule has 0 aromatic carbocycles. The molecule has 0 amide bonds. The first-order chi connectivity index (χ1) is 8.31. The highest BCUT2D eigenvalue weighted by Gasteiger charge is 2.15. The van der Waals surface area contributed by atoms with Crippen molar-refractivity contribution in [3.05, 3.63) is 22.6 Å². The average molecular weight is 295 g/mol. The molecule has 2 N–H and O–H groups in total. The summed E-state index contributed by atoms with van der Waals surface area (Å²) in [5.41, 5.74) is 1.83. The fraction of sp³-hybridized carbons (Fsp3) is 0.500. The smallest absolute Gasteiger partial charge is 0.177 e. The zero-order valence-corrected chi connectivity index (χ0v) is 11.1. The molecular formula is C12H15BrN4. The van der Waals surface area contributed by atoms with E-state index in [1.54, 1.807) is 6.20 Å². The molecule has 0 aliphatic carbocycles. The number of nitrogens with one attached hydrogen (secondary N) is 2. The summed E-state index contributed by atoms with van der Waals surface area (Å²) < 4.78 is 0.986. The van der Waals surface area contributed by atoms with Gasteiger partial charge < -0.3 is 10.3 Å². The second kappa shape index (κ2) is 4.74. The van der Waals surface area contributed by atoms with Crippen LogP contribution in [-0.4, -0.2) is 28.0 Å². The maximum Gasteiger partial charge on any atom is 0.177 e. The maximum absolute atomic E-state index is 4.51. The van der Waals surface area contributed by atoms with E-state index in [0.29, 0.717) is 0 Å². The highest BCUT2D eigenvalue weighted by atomic mass is 79.9. The molecule has 1 aliphatic heterocycles. The quantitative estimate of drug-likeness (QED) is 0.913. The lowest BCUT2D eigenvalue weighted by Gasteiger charge is -2.04. The first kappa shape index (κ1) is 11.2. The number of aryl methyl sites for hydroxylation is 1. The topological polar surface area (TPSA) is 53.6 Å². The van der Waals surface area contributed by atoms with Crippen LogP contribution in [0.3, 0.4) is 0 Å². The van der Waals surface area contributed by atoms with Crippen molar-refractivity contribution in [3.8, 4) is 0 Å². The van der Waals surface area contributed by atoms with Crippen molar-refractivity contribution < 1.29 is 0 Å². The number of fused-ring (bicyclic) bond motifs is 1. The molecule has 1 unspecified atom stereocenters. The third-order valence-electron chi connectivity index (χ3n) is 3.30. The molecule has 4 nitrogen and oxygen atoms in total. The predicted molar refractivity (Wildman–Crippen MR) is 70.9 cm³/mol. The van der Waals surface area contributed by atoms with Gasteiger partial charge in [-0.15, -0.1) is 0 Å². The van der Waals surface area contributed by atoms with Crippen LogP contribution in [0.1, 0.15) is 18.7 Å². The highest BCUT2D eigenvalue weighted by molar-refractivity contribution is 9.10. The molecule has 1 atom stereocenters. The van der Waals surface area contributed by atoms with Crippen LogP contribution in [0.2, 0.25) is 0 Å². The maximum atomic E-state index is 4.51. The summed E-state index contributed by atoms with van der Waals surface area (Å²) in [4.78, 5) is 12.1. The van der Waals surface area contributed by atoms with Gasteiger partial charge in [-0.2, -0.15) is 0 Å². The fourth-order valence-electron chi connectivity index (χ4n) is 2.34. The second-order valence-electron chi connectivity index (χ2n) is 4.61. The monoisotopic (exact) mass is 294 g/mol. The van der Waals surface area contributed by atoms with Crippen molar-refractivity contribution in [3.63, 3.8) is 0 Å². The van der Waals surface area contributed by atoms with Crippen LogP contribution in [0.4, 0.5) is 0 Å². The summed E-state index contributed by atoms with van der Waals surface area (Å²) in [7, 11) is 0. The van der Waals surface area contributed by atoms with E-state index >= 15 is 0 Å². The lowest BCUT2D eigenvalue weighted by atomic mass is 10.0. The molecule has 0 bridgehead atoms. The molecule has 0 saturated carbocycles. The Hall–Kier alpha value is -0.940. The SMILES string of the molecule is Brc1cnc2nc(CCC3CCNC3)[nH]c2c1. The van der Waals surface area contributed by atoms with E-state index in [1.165, 1.54) is 19.4 Å². The molecule has 17 heavy (non-hydrogen) atoms. The van der Waals surface area contributed by atoms with Crippen molar-refractivity contribution in [2.75, 3.05) is 13.1 Å². The third-order valence-corrected chi connectivity index (χ3v) is 3.74. The van der Waals surface area contributed by atoms with Crippen molar-refractivity contribution >= 4 is 27.1 Å². The van der Waals surface area contributed by atoms with Gasteiger partial charge in [-0.1, -0.05) is 0 Å². The summed E-state index contributed by atoms with van der Waals surface area (Å²) in [6.07, 6.45) is 5.30. The number of halogens is 1. The second-order valence-corrected chi connectivity index (χ2v) is 5.52. The molecule has 2 aromatic rings. The van der Waals surface area contributed by atoms with Gasteiger partial charge in [-0.05, 0) is 53.8 Å². The van der Waals surface area contributed by atoms with Gasteiger partial charge in [0.15, 0.2) is 5.65 Å². The summed E-state index contributed by atoms with van der Waals surface area (Å²) >= 11 is 3.42. The molecule has 1 aliphatic rings. The molecule has 2 aromatic heterocycles. The van der Waals surface area contributed by atoms with E-state index in [9.17, 15) is 0 Å². The fourth-order valence-corrected chi connectivity index (χ4v) is 2.68. The van der Waals surface area contributed by atoms with E-state index in [1.807, 2.05) is 6.07 Å². The van der Waals surface area contributed by atoms with Crippen molar-refractivity contribution in [1.82, 2.24) is 20.3 Å². The Morgan fingerprint density at radius 2 is 2.41 bits per heavy atom. The van der Waals surface area contributed by atoms with Crippen LogP contribution in [0.15, 0.2) is 16.7 Å². The Morgan fingerprint density at radius 3 is 3.24 bits per heavy atom. The van der Waals surface area contributed by atoms with Gasteiger partial charge in [0.2, 0.25) is 0 Å². The zero-order chi connectivity index (χ0) is 11.7. The van der Waals surface area contributed by atoms with Crippen LogP contribution < -0.4 is 5.32 Å². The lowest BCUT2D eigenvalue weighted by molar-refractivity contribution is 0.526. The Morgan fingerprint density at radius 1 is 1.47 bits per heavy atom. The minimum absolute atomic E-state index is 0.808. The molecule has 0 radical (unpaired) electrons. The number of H-pyrrole nitrogens is 1. The number of hydrogen-bond donors (Lipinski definition) is 2. The lowest BCUT2D eigenvalue weighted by Crippen LogP contribution is -2.09. The first-order valence-electron chi connectivity index (χ1n) is 6.02. The van der Waals surface area contributed by atoms with Gasteiger partial charge in [-0.25, -0.2) is 9.97 Å². The van der Waals surface area contributed by atoms with Gasteiger partial charge >= 0.3 is 0 Å². The van der Waals surface area contributed by atoms with Gasteiger partial charge in [0.25, 0.3) is 0 Å². The summed E-state index contributed by atoms with van der Waals surface area (Å²) in [5, 5.41) is 3.39. The van der Waals surface area contributed by atoms with Gasteiger partial charge in [-0.3, -0.25) is 0 Å². The standard InChI is InChI=1S/C12H15BrN4/c13-9-5-10-12(15-7-9)17-11(16-10)2-1-8-3-4-14-6-8/h5,7-8,14H,1-4,6H2,(H,15,16,17). The van der Waals surface area contributed by atoms with Crippen molar-refractivity contribution in [2.24, 2.45) is 5.92 Å². The molecule has 1 fully saturated rings. The zero-order valence-electron chi connectivity index (χ0n) is 9.54. The van der Waals surface area contributed by atoms with E-state index in [4.69, 9.17) is 0 Å². The number of hydrogen-bond acceptors (Lipinski definition) is 3. The number of pyridine rings is 1. The highest BCUT2D eigenvalue weighted by Crippen LogP contribution is 2.18. The summed E-state index contributed by atoms with van der Waals surface area (Å²) in [6, 6.07) is 2.02. The van der Waals surface area contributed by atoms with Gasteiger partial charge in [0.1, 0.15) is 5.82 Å². The number of rotatable bonds is 3. The number of imidazole rings is 1.